The summed E-state index contributed by atoms with van der Waals surface area (Å²) in [5.41, 5.74) is 0. The molecule has 6 atom stereocenters. The number of aliphatic hydroxyl groups excluding tert-OH is 2. The van der Waals surface area contributed by atoms with Crippen molar-refractivity contribution in [2.75, 3.05) is 13.2 Å². The van der Waals surface area contributed by atoms with Crippen molar-refractivity contribution < 1.29 is 58.2 Å². The van der Waals surface area contributed by atoms with Crippen molar-refractivity contribution in [2.24, 2.45) is 0 Å². The van der Waals surface area contributed by atoms with Crippen LogP contribution in [0.5, 0.6) is 0 Å². The summed E-state index contributed by atoms with van der Waals surface area (Å²) in [4.78, 5) is 50.9. The summed E-state index contributed by atoms with van der Waals surface area (Å²) >= 11 is 0. The van der Waals surface area contributed by atoms with Gasteiger partial charge in [0.25, 0.3) is 0 Å². The third-order valence-corrected chi connectivity index (χ3v) is 11.8. The molecule has 0 aromatic heterocycles. The highest BCUT2D eigenvalue weighted by molar-refractivity contribution is 5.74. The number of carbonyl (C=O) groups excluding carboxylic acids is 3. The van der Waals surface area contributed by atoms with Gasteiger partial charge < -0.3 is 39.0 Å². The van der Waals surface area contributed by atoms with Gasteiger partial charge in [-0.3, -0.25) is 14.4 Å². The van der Waals surface area contributed by atoms with Crippen molar-refractivity contribution in [1.82, 2.24) is 0 Å². The molecule has 0 aromatic carbocycles. The summed E-state index contributed by atoms with van der Waals surface area (Å²) in [6.07, 6.45) is 52.3. The molecule has 6 unspecified atom stereocenters. The first-order chi connectivity index (χ1) is 35.6. The van der Waals surface area contributed by atoms with Crippen molar-refractivity contribution >= 4 is 23.9 Å². The van der Waals surface area contributed by atoms with Gasteiger partial charge in [0.2, 0.25) is 0 Å². The highest BCUT2D eigenvalue weighted by Crippen LogP contribution is 2.26. The van der Waals surface area contributed by atoms with E-state index in [1.54, 1.807) is 12.2 Å². The lowest BCUT2D eigenvalue weighted by Crippen LogP contribution is -2.61. The molecule has 0 radical (unpaired) electrons. The van der Waals surface area contributed by atoms with Gasteiger partial charge in [0, 0.05) is 12.8 Å². The summed E-state index contributed by atoms with van der Waals surface area (Å²) in [5.74, 6) is -3.33. The number of hydrogen-bond donors (Lipinski definition) is 3. The minimum Gasteiger partial charge on any atom is -0.479 e. The summed E-state index contributed by atoms with van der Waals surface area (Å²) in [7, 11) is 0. The largest absolute Gasteiger partial charge is 0.479 e. The van der Waals surface area contributed by atoms with E-state index in [1.807, 2.05) is 12.2 Å². The molecular weight excluding hydrogens is 925 g/mol. The van der Waals surface area contributed by atoms with Crippen LogP contribution in [0.25, 0.3) is 0 Å². The van der Waals surface area contributed by atoms with Crippen LogP contribution in [0.1, 0.15) is 201 Å². The van der Waals surface area contributed by atoms with Crippen LogP contribution in [-0.4, -0.2) is 89.2 Å². The molecule has 1 rings (SSSR count). The molecule has 1 fully saturated rings. The molecule has 73 heavy (non-hydrogen) atoms. The lowest BCUT2D eigenvalue weighted by Gasteiger charge is -2.40. The first-order valence-corrected chi connectivity index (χ1v) is 27.9. The number of rotatable bonds is 45. The average Bonchev–Trinajstić information content (AvgIpc) is 3.37. The topological polar surface area (TPSA) is 175 Å². The summed E-state index contributed by atoms with van der Waals surface area (Å²) in [6, 6.07) is 0. The molecular formula is C61H96O12. The van der Waals surface area contributed by atoms with Gasteiger partial charge in [-0.25, -0.2) is 4.79 Å². The number of carboxylic acid groups (broad SMARTS) is 1. The third-order valence-electron chi connectivity index (χ3n) is 11.8. The van der Waals surface area contributed by atoms with Crippen LogP contribution >= 0.6 is 0 Å². The fraction of sp³-hybridized carbons (Fsp3) is 0.639. The van der Waals surface area contributed by atoms with E-state index in [1.165, 1.54) is 25.7 Å². The lowest BCUT2D eigenvalue weighted by molar-refractivity contribution is -0.301. The Balaban J connectivity index is 2.79. The third kappa shape index (κ3) is 38.6. The predicted octanol–water partition coefficient (Wildman–Crippen LogP) is 13.9. The van der Waals surface area contributed by atoms with Crippen molar-refractivity contribution in [2.45, 2.75) is 237 Å². The molecule has 0 bridgehead atoms. The second kappa shape index (κ2) is 48.3. The average molecular weight is 1020 g/mol. The number of carboxylic acids is 1. The first kappa shape index (κ1) is 66.4. The number of hydrogen-bond acceptors (Lipinski definition) is 11. The van der Waals surface area contributed by atoms with Crippen LogP contribution < -0.4 is 0 Å². The van der Waals surface area contributed by atoms with Crippen molar-refractivity contribution in [3.8, 4) is 0 Å². The number of carbonyl (C=O) groups is 4. The highest BCUT2D eigenvalue weighted by atomic mass is 16.7. The number of aliphatic hydroxyl groups is 2. The number of esters is 3. The van der Waals surface area contributed by atoms with Crippen molar-refractivity contribution in [3.63, 3.8) is 0 Å². The van der Waals surface area contributed by atoms with Crippen LogP contribution in [0.15, 0.2) is 109 Å². The molecule has 0 saturated carbocycles. The van der Waals surface area contributed by atoms with Gasteiger partial charge in [0.15, 0.2) is 24.6 Å². The van der Waals surface area contributed by atoms with Gasteiger partial charge in [-0.2, -0.15) is 0 Å². The Morgan fingerprint density at radius 1 is 0.479 bits per heavy atom. The number of aliphatic carboxylic acids is 1. The maximum absolute atomic E-state index is 13.1. The van der Waals surface area contributed by atoms with Gasteiger partial charge in [0.05, 0.1) is 13.0 Å². The molecule has 3 N–H and O–H groups in total. The number of allylic oxidation sites excluding steroid dienone is 17. The molecule has 412 valence electrons. The Kier molecular flexibility index (Phi) is 44.0. The smallest absolute Gasteiger partial charge is 0.335 e. The summed E-state index contributed by atoms with van der Waals surface area (Å²) in [5, 5.41) is 31.4. The van der Waals surface area contributed by atoms with E-state index in [-0.39, 0.29) is 25.9 Å². The van der Waals surface area contributed by atoms with E-state index in [9.17, 15) is 34.5 Å². The highest BCUT2D eigenvalue weighted by Gasteiger charge is 2.50. The van der Waals surface area contributed by atoms with Gasteiger partial charge in [-0.15, -0.1) is 0 Å². The normalized spacial score (nSPS) is 19.2. The SMILES string of the molecule is CC/C=C\C/C=C\C/C=C\C/C=C\C/C=C\CC(=O)OC1C(OCC(COC(=O)CCCCCCC/C=C\C/C=C\C/C=C\CC)OC(=O)CCCCCCC/C=C\CCCCCC)OC(C(=O)O)C(O)C1O. The van der Waals surface area contributed by atoms with Crippen LogP contribution in [-0.2, 0) is 42.9 Å². The van der Waals surface area contributed by atoms with E-state index < -0.39 is 67.3 Å². The Bertz CT molecular complexity index is 1690. The molecule has 12 heteroatoms. The van der Waals surface area contributed by atoms with E-state index in [0.29, 0.717) is 19.3 Å². The molecule has 1 aliphatic rings. The van der Waals surface area contributed by atoms with Crippen molar-refractivity contribution in [3.05, 3.63) is 109 Å². The standard InChI is InChI=1S/C61H96O12/c1-4-7-10-13-16-19-22-25-27-30-32-35-38-41-44-47-53(62)69-50-52(71-54(63)48-45-42-39-36-33-29-24-21-18-15-12-9-6-3)51-70-61-59(57(66)56(65)58(73-61)60(67)68)72-55(64)49-46-43-40-37-34-31-28-26-23-20-17-14-11-8-5-2/h7-8,10-11,16-17,19-21,24-28,34,37,43,46,52,56-59,61,65-66H,4-6,9,12-15,18,22-23,29-33,35-36,38-42,44-45,47-51H2,1-3H3,(H,67,68)/b10-7-,11-8-,19-16-,20-17-,24-21-,27-25-,28-26-,37-34-,46-43-. The van der Waals surface area contributed by atoms with Gasteiger partial charge in [-0.1, -0.05) is 188 Å². The minimum atomic E-state index is -1.94. The minimum absolute atomic E-state index is 0.133. The zero-order valence-corrected chi connectivity index (χ0v) is 45.1. The van der Waals surface area contributed by atoms with E-state index in [4.69, 9.17) is 23.7 Å². The molecule has 0 amide bonds. The fourth-order valence-electron chi connectivity index (χ4n) is 7.63. The Labute approximate surface area is 440 Å². The molecule has 1 saturated heterocycles. The lowest BCUT2D eigenvalue weighted by atomic mass is 9.98. The molecule has 0 aromatic rings. The van der Waals surface area contributed by atoms with Crippen LogP contribution in [0, 0.1) is 0 Å². The summed E-state index contributed by atoms with van der Waals surface area (Å²) < 4.78 is 28.2. The Morgan fingerprint density at radius 3 is 1.40 bits per heavy atom. The van der Waals surface area contributed by atoms with E-state index >= 15 is 0 Å². The van der Waals surface area contributed by atoms with Crippen LogP contribution in [0.3, 0.4) is 0 Å². The van der Waals surface area contributed by atoms with E-state index in [2.05, 4.69) is 106 Å². The number of unbranched alkanes of at least 4 members (excludes halogenated alkanes) is 14. The number of ether oxygens (including phenoxy) is 5. The fourth-order valence-corrected chi connectivity index (χ4v) is 7.63. The van der Waals surface area contributed by atoms with Crippen LogP contribution in [0.2, 0.25) is 0 Å². The maximum atomic E-state index is 13.1. The zero-order valence-electron chi connectivity index (χ0n) is 45.1. The Morgan fingerprint density at radius 2 is 0.904 bits per heavy atom. The monoisotopic (exact) mass is 1020 g/mol. The van der Waals surface area contributed by atoms with Crippen LogP contribution in [0.4, 0.5) is 0 Å². The zero-order chi connectivity index (χ0) is 53.3. The maximum Gasteiger partial charge on any atom is 0.335 e. The first-order valence-electron chi connectivity index (χ1n) is 27.9. The summed E-state index contributed by atoms with van der Waals surface area (Å²) in [6.45, 7) is 5.66. The second-order valence-corrected chi connectivity index (χ2v) is 18.5. The predicted molar refractivity (Wildman–Crippen MR) is 294 cm³/mol. The molecule has 1 aliphatic heterocycles. The Hall–Kier alpha value is -4.62. The molecule has 0 aliphatic carbocycles. The van der Waals surface area contributed by atoms with Crippen molar-refractivity contribution in [1.29, 1.82) is 0 Å². The molecule has 1 heterocycles. The quantitative estimate of drug-likeness (QED) is 0.0228. The molecule has 0 spiro atoms. The van der Waals surface area contributed by atoms with Gasteiger partial charge in [0.1, 0.15) is 18.8 Å². The van der Waals surface area contributed by atoms with Gasteiger partial charge in [-0.05, 0) is 103 Å². The van der Waals surface area contributed by atoms with Gasteiger partial charge >= 0.3 is 23.9 Å². The molecule has 12 nitrogen and oxygen atoms in total. The second-order valence-electron chi connectivity index (χ2n) is 18.5. The van der Waals surface area contributed by atoms with E-state index in [0.717, 1.165) is 116 Å².